The lowest BCUT2D eigenvalue weighted by atomic mass is 10.2. The van der Waals surface area contributed by atoms with E-state index in [2.05, 4.69) is 0 Å². The molecule has 0 atom stereocenters. The van der Waals surface area contributed by atoms with Crippen molar-refractivity contribution in [2.45, 2.75) is 27.7 Å². The molecule has 5 nitrogen and oxygen atoms in total. The van der Waals surface area contributed by atoms with E-state index < -0.39 is 11.9 Å². The Bertz CT molecular complexity index is 321. The lowest BCUT2D eigenvalue weighted by Gasteiger charge is -2.06. The van der Waals surface area contributed by atoms with Gasteiger partial charge in [-0.2, -0.15) is 0 Å². The van der Waals surface area contributed by atoms with Crippen molar-refractivity contribution in [2.24, 2.45) is 0 Å². The van der Waals surface area contributed by atoms with Crippen LogP contribution < -0.4 is 0 Å². The minimum Gasteiger partial charge on any atom is -0.501 e. The highest BCUT2D eigenvalue weighted by Crippen LogP contribution is 2.07. The molecule has 0 aliphatic carbocycles. The van der Waals surface area contributed by atoms with Crippen molar-refractivity contribution in [3.8, 4) is 0 Å². The molecule has 0 aliphatic rings. The largest absolute Gasteiger partial charge is 0.501 e. The van der Waals surface area contributed by atoms with E-state index in [1.807, 2.05) is 6.92 Å². The Balaban J connectivity index is 5.01. The third kappa shape index (κ3) is 6.08. The smallest absolute Gasteiger partial charge is 0.345 e. The second-order valence-electron chi connectivity index (χ2n) is 3.32. The van der Waals surface area contributed by atoms with Gasteiger partial charge in [0, 0.05) is 0 Å². The molecule has 0 unspecified atom stereocenters. The van der Waals surface area contributed by atoms with Gasteiger partial charge in [0.1, 0.15) is 5.57 Å². The Morgan fingerprint density at radius 1 is 0.944 bits per heavy atom. The van der Waals surface area contributed by atoms with Crippen LogP contribution in [0.25, 0.3) is 0 Å². The first-order valence-electron chi connectivity index (χ1n) is 5.91. The number of esters is 2. The van der Waals surface area contributed by atoms with Crippen molar-refractivity contribution in [2.75, 3.05) is 19.8 Å². The summed E-state index contributed by atoms with van der Waals surface area (Å²) in [7, 11) is 0. The third-order valence-electron chi connectivity index (χ3n) is 1.80. The first-order valence-corrected chi connectivity index (χ1v) is 5.91. The van der Waals surface area contributed by atoms with Crippen LogP contribution in [0, 0.1) is 0 Å². The van der Waals surface area contributed by atoms with E-state index in [0.29, 0.717) is 12.2 Å². The Kier molecular flexibility index (Phi) is 8.35. The van der Waals surface area contributed by atoms with Gasteiger partial charge in [0.2, 0.25) is 0 Å². The zero-order valence-electron chi connectivity index (χ0n) is 11.3. The average Bonchev–Trinajstić information content (AvgIpc) is 2.33. The van der Waals surface area contributed by atoms with Crippen LogP contribution in [-0.4, -0.2) is 31.8 Å². The van der Waals surface area contributed by atoms with Crippen molar-refractivity contribution in [3.63, 3.8) is 0 Å². The molecule has 0 bridgehead atoms. The fourth-order valence-corrected chi connectivity index (χ4v) is 1.10. The highest BCUT2D eigenvalue weighted by Gasteiger charge is 2.20. The molecule has 0 spiro atoms. The lowest BCUT2D eigenvalue weighted by Crippen LogP contribution is -2.18. The Labute approximate surface area is 107 Å². The fourth-order valence-electron chi connectivity index (χ4n) is 1.10. The molecular weight excluding hydrogens is 236 g/mol. The summed E-state index contributed by atoms with van der Waals surface area (Å²) >= 11 is 0. The van der Waals surface area contributed by atoms with Crippen molar-refractivity contribution in [3.05, 3.63) is 23.5 Å². The fraction of sp³-hybridized carbons (Fsp3) is 0.538. The highest BCUT2D eigenvalue weighted by atomic mass is 16.6. The number of hydrogen-bond donors (Lipinski definition) is 0. The molecular formula is C13H20O5. The number of allylic oxidation sites excluding steroid dienone is 2. The predicted octanol–water partition coefficient (Wildman–Crippen LogP) is 1.98. The summed E-state index contributed by atoms with van der Waals surface area (Å²) in [6.07, 6.45) is 2.87. The van der Waals surface area contributed by atoms with Crippen molar-refractivity contribution < 1.29 is 23.8 Å². The van der Waals surface area contributed by atoms with E-state index in [1.165, 1.54) is 12.3 Å². The monoisotopic (exact) mass is 256 g/mol. The summed E-state index contributed by atoms with van der Waals surface area (Å²) in [5, 5.41) is 0. The number of ether oxygens (including phenoxy) is 3. The quantitative estimate of drug-likeness (QED) is 0.174. The van der Waals surface area contributed by atoms with Gasteiger partial charge in [-0.1, -0.05) is 0 Å². The third-order valence-corrected chi connectivity index (χ3v) is 1.80. The van der Waals surface area contributed by atoms with E-state index >= 15 is 0 Å². The SMILES string of the molecule is CCO/C=C(\C)C=C(C(=O)OCC)C(=O)OCC. The van der Waals surface area contributed by atoms with Crippen LogP contribution >= 0.6 is 0 Å². The molecule has 0 heterocycles. The molecule has 18 heavy (non-hydrogen) atoms. The van der Waals surface area contributed by atoms with Crippen molar-refractivity contribution in [1.29, 1.82) is 0 Å². The van der Waals surface area contributed by atoms with Crippen LogP contribution in [0.1, 0.15) is 27.7 Å². The molecule has 0 saturated carbocycles. The molecule has 0 saturated heterocycles. The maximum Gasteiger partial charge on any atom is 0.345 e. The standard InChI is InChI=1S/C13H20O5/c1-5-16-9-10(4)8-11(12(14)17-6-2)13(15)18-7-3/h8-9H,5-7H2,1-4H3/b10-9+. The molecule has 0 rings (SSSR count). The first-order chi connectivity index (χ1) is 8.56. The van der Waals surface area contributed by atoms with Gasteiger partial charge in [0.25, 0.3) is 0 Å². The topological polar surface area (TPSA) is 61.8 Å². The molecule has 0 fully saturated rings. The maximum absolute atomic E-state index is 11.6. The second kappa shape index (κ2) is 9.27. The Morgan fingerprint density at radius 3 is 1.83 bits per heavy atom. The maximum atomic E-state index is 11.6. The molecule has 0 radical (unpaired) electrons. The molecule has 0 amide bonds. The van der Waals surface area contributed by atoms with Gasteiger partial charge in [-0.05, 0) is 39.3 Å². The van der Waals surface area contributed by atoms with Gasteiger partial charge in [-0.25, -0.2) is 9.59 Å². The number of carbonyl (C=O) groups is 2. The zero-order valence-corrected chi connectivity index (χ0v) is 11.3. The highest BCUT2D eigenvalue weighted by molar-refractivity contribution is 6.14. The number of hydrogen-bond acceptors (Lipinski definition) is 5. The summed E-state index contributed by atoms with van der Waals surface area (Å²) in [5.74, 6) is -1.39. The minimum absolute atomic E-state index is 0.132. The van der Waals surface area contributed by atoms with Crippen LogP contribution in [0.3, 0.4) is 0 Å². The van der Waals surface area contributed by atoms with E-state index in [1.54, 1.807) is 20.8 Å². The number of rotatable bonds is 7. The van der Waals surface area contributed by atoms with Gasteiger partial charge in [0.15, 0.2) is 0 Å². The molecule has 0 aromatic rings. The van der Waals surface area contributed by atoms with Crippen LogP contribution in [0.2, 0.25) is 0 Å². The normalized spacial score (nSPS) is 10.6. The van der Waals surface area contributed by atoms with Gasteiger partial charge in [-0.3, -0.25) is 0 Å². The van der Waals surface area contributed by atoms with Gasteiger partial charge >= 0.3 is 11.9 Å². The molecule has 0 aromatic heterocycles. The van der Waals surface area contributed by atoms with Crippen LogP contribution in [-0.2, 0) is 23.8 Å². The zero-order chi connectivity index (χ0) is 14.0. The number of carbonyl (C=O) groups excluding carboxylic acids is 2. The Morgan fingerprint density at radius 2 is 1.44 bits per heavy atom. The van der Waals surface area contributed by atoms with Crippen LogP contribution in [0.4, 0.5) is 0 Å². The van der Waals surface area contributed by atoms with Gasteiger partial charge in [0.05, 0.1) is 26.1 Å². The van der Waals surface area contributed by atoms with E-state index in [-0.39, 0.29) is 18.8 Å². The van der Waals surface area contributed by atoms with E-state index in [4.69, 9.17) is 14.2 Å². The molecule has 0 aromatic carbocycles. The summed E-state index contributed by atoms with van der Waals surface area (Å²) in [4.78, 5) is 23.2. The van der Waals surface area contributed by atoms with Crippen LogP contribution in [0.5, 0.6) is 0 Å². The summed E-state index contributed by atoms with van der Waals surface area (Å²) in [6, 6.07) is 0. The Hall–Kier alpha value is -1.78. The second-order valence-corrected chi connectivity index (χ2v) is 3.32. The van der Waals surface area contributed by atoms with E-state index in [9.17, 15) is 9.59 Å². The van der Waals surface area contributed by atoms with E-state index in [0.717, 1.165) is 0 Å². The summed E-state index contributed by atoms with van der Waals surface area (Å²) < 4.78 is 14.7. The molecule has 102 valence electrons. The minimum atomic E-state index is -0.694. The predicted molar refractivity (Wildman–Crippen MR) is 66.7 cm³/mol. The van der Waals surface area contributed by atoms with Crippen molar-refractivity contribution >= 4 is 11.9 Å². The molecule has 0 N–H and O–H groups in total. The molecule has 0 aliphatic heterocycles. The van der Waals surface area contributed by atoms with Crippen molar-refractivity contribution in [1.82, 2.24) is 0 Å². The average molecular weight is 256 g/mol. The lowest BCUT2D eigenvalue weighted by molar-refractivity contribution is -0.146. The van der Waals surface area contributed by atoms with Gasteiger partial charge in [-0.15, -0.1) is 0 Å². The summed E-state index contributed by atoms with van der Waals surface area (Å²) in [6.45, 7) is 7.80. The first kappa shape index (κ1) is 16.2. The van der Waals surface area contributed by atoms with Crippen LogP contribution in [0.15, 0.2) is 23.5 Å². The van der Waals surface area contributed by atoms with Gasteiger partial charge < -0.3 is 14.2 Å². The molecule has 5 heteroatoms. The summed E-state index contributed by atoms with van der Waals surface area (Å²) in [5.41, 5.74) is 0.500.